The van der Waals surface area contributed by atoms with E-state index in [9.17, 15) is 4.79 Å². The first-order valence-corrected chi connectivity index (χ1v) is 6.71. The fraction of sp³-hybridized carbons (Fsp3) is 0.133. The zero-order valence-electron chi connectivity index (χ0n) is 11.5. The standard InChI is InChI=1S/C15H12ClN3O2/c1-9-6-15(21-8-20)10(2)5-14(9)19-17-12-4-3-11(16)7-13(12)18-19/h3-8H,1-2H3. The van der Waals surface area contributed by atoms with Crippen LogP contribution in [0.15, 0.2) is 30.3 Å². The molecule has 0 N–H and O–H groups in total. The maximum atomic E-state index is 10.5. The van der Waals surface area contributed by atoms with Crippen molar-refractivity contribution in [3.8, 4) is 11.4 Å². The third-order valence-electron chi connectivity index (χ3n) is 3.23. The topological polar surface area (TPSA) is 57.0 Å². The fourth-order valence-corrected chi connectivity index (χ4v) is 2.33. The molecule has 3 rings (SSSR count). The van der Waals surface area contributed by atoms with Gasteiger partial charge in [0.15, 0.2) is 0 Å². The molecule has 0 aliphatic rings. The van der Waals surface area contributed by atoms with Crippen molar-refractivity contribution < 1.29 is 9.53 Å². The quantitative estimate of drug-likeness (QED) is 0.697. The average molecular weight is 302 g/mol. The van der Waals surface area contributed by atoms with Crippen molar-refractivity contribution in [1.82, 2.24) is 15.0 Å². The summed E-state index contributed by atoms with van der Waals surface area (Å²) in [6, 6.07) is 9.05. The molecule has 0 unspecified atom stereocenters. The minimum Gasteiger partial charge on any atom is -0.428 e. The van der Waals surface area contributed by atoms with Crippen LogP contribution in [-0.2, 0) is 4.79 Å². The Bertz CT molecular complexity index is 842. The molecule has 0 aliphatic carbocycles. The second kappa shape index (κ2) is 5.18. The molecule has 0 spiro atoms. The number of carbonyl (C=O) groups is 1. The molecule has 2 aromatic carbocycles. The zero-order chi connectivity index (χ0) is 15.0. The van der Waals surface area contributed by atoms with Crippen LogP contribution in [0, 0.1) is 13.8 Å². The van der Waals surface area contributed by atoms with Crippen LogP contribution in [0.5, 0.6) is 5.75 Å². The lowest BCUT2D eigenvalue weighted by Gasteiger charge is -2.09. The second-order valence-corrected chi connectivity index (χ2v) is 5.18. The highest BCUT2D eigenvalue weighted by Gasteiger charge is 2.11. The maximum Gasteiger partial charge on any atom is 0.298 e. The molecule has 0 radical (unpaired) electrons. The Morgan fingerprint density at radius 2 is 1.86 bits per heavy atom. The normalized spacial score (nSPS) is 10.8. The van der Waals surface area contributed by atoms with E-state index in [1.165, 1.54) is 0 Å². The van der Waals surface area contributed by atoms with Gasteiger partial charge >= 0.3 is 0 Å². The summed E-state index contributed by atoms with van der Waals surface area (Å²) >= 11 is 5.96. The van der Waals surface area contributed by atoms with Crippen LogP contribution in [0.1, 0.15) is 11.1 Å². The number of halogens is 1. The maximum absolute atomic E-state index is 10.5. The Kier molecular flexibility index (Phi) is 3.35. The highest BCUT2D eigenvalue weighted by Crippen LogP contribution is 2.25. The summed E-state index contributed by atoms with van der Waals surface area (Å²) in [5.41, 5.74) is 4.07. The Hall–Kier alpha value is -2.40. The fourth-order valence-electron chi connectivity index (χ4n) is 2.16. The Labute approximate surface area is 126 Å². The minimum atomic E-state index is 0.421. The summed E-state index contributed by atoms with van der Waals surface area (Å²) < 4.78 is 4.93. The summed E-state index contributed by atoms with van der Waals surface area (Å²) in [7, 11) is 0. The van der Waals surface area contributed by atoms with Crippen molar-refractivity contribution in [3.63, 3.8) is 0 Å². The van der Waals surface area contributed by atoms with E-state index in [1.54, 1.807) is 23.0 Å². The van der Waals surface area contributed by atoms with E-state index in [4.69, 9.17) is 16.3 Å². The summed E-state index contributed by atoms with van der Waals surface area (Å²) in [5, 5.41) is 9.49. The van der Waals surface area contributed by atoms with E-state index in [0.717, 1.165) is 27.8 Å². The number of ether oxygens (including phenoxy) is 1. The van der Waals surface area contributed by atoms with Crippen molar-refractivity contribution in [2.75, 3.05) is 0 Å². The van der Waals surface area contributed by atoms with E-state index in [2.05, 4.69) is 10.2 Å². The second-order valence-electron chi connectivity index (χ2n) is 4.74. The van der Waals surface area contributed by atoms with Crippen LogP contribution in [-0.4, -0.2) is 21.5 Å². The van der Waals surface area contributed by atoms with Gasteiger partial charge in [-0.2, -0.15) is 4.80 Å². The Balaban J connectivity index is 2.13. The van der Waals surface area contributed by atoms with Gasteiger partial charge in [-0.15, -0.1) is 10.2 Å². The van der Waals surface area contributed by atoms with Gasteiger partial charge in [-0.3, -0.25) is 4.79 Å². The first-order valence-electron chi connectivity index (χ1n) is 6.33. The van der Waals surface area contributed by atoms with E-state index in [-0.39, 0.29) is 0 Å². The van der Waals surface area contributed by atoms with Gasteiger partial charge in [0.1, 0.15) is 16.8 Å². The number of aromatic nitrogens is 3. The first kappa shape index (κ1) is 13.6. The third kappa shape index (κ3) is 2.48. The molecule has 0 amide bonds. The summed E-state index contributed by atoms with van der Waals surface area (Å²) in [5.74, 6) is 0.533. The number of benzene rings is 2. The lowest BCUT2D eigenvalue weighted by molar-refractivity contribution is -0.120. The molecule has 0 atom stereocenters. The Morgan fingerprint density at radius 1 is 1.10 bits per heavy atom. The first-order chi connectivity index (χ1) is 10.1. The molecule has 0 saturated carbocycles. The largest absolute Gasteiger partial charge is 0.428 e. The SMILES string of the molecule is Cc1cc(-n2nc3ccc(Cl)cc3n2)c(C)cc1OC=O. The smallest absolute Gasteiger partial charge is 0.298 e. The van der Waals surface area contributed by atoms with Crippen LogP contribution in [0.4, 0.5) is 0 Å². The van der Waals surface area contributed by atoms with Gasteiger partial charge in [0, 0.05) is 5.02 Å². The number of hydrogen-bond donors (Lipinski definition) is 0. The van der Waals surface area contributed by atoms with E-state index in [1.807, 2.05) is 26.0 Å². The van der Waals surface area contributed by atoms with E-state index < -0.39 is 0 Å². The molecule has 6 heteroatoms. The number of rotatable bonds is 3. The lowest BCUT2D eigenvalue weighted by atomic mass is 10.1. The van der Waals surface area contributed by atoms with Gasteiger partial charge in [0.25, 0.3) is 6.47 Å². The van der Waals surface area contributed by atoms with Gasteiger partial charge in [-0.1, -0.05) is 11.6 Å². The Morgan fingerprint density at radius 3 is 2.62 bits per heavy atom. The number of carbonyl (C=O) groups excluding carboxylic acids is 1. The lowest BCUT2D eigenvalue weighted by Crippen LogP contribution is -2.03. The van der Waals surface area contributed by atoms with Crippen LogP contribution in [0.3, 0.4) is 0 Å². The van der Waals surface area contributed by atoms with Gasteiger partial charge in [0.2, 0.25) is 0 Å². The van der Waals surface area contributed by atoms with Gasteiger partial charge in [0.05, 0.1) is 5.69 Å². The van der Waals surface area contributed by atoms with Crippen LogP contribution in [0.2, 0.25) is 5.02 Å². The molecule has 0 aliphatic heterocycles. The van der Waals surface area contributed by atoms with E-state index >= 15 is 0 Å². The molecule has 0 saturated heterocycles. The number of nitrogens with zero attached hydrogens (tertiary/aromatic N) is 3. The van der Waals surface area contributed by atoms with Crippen LogP contribution >= 0.6 is 11.6 Å². The molecule has 1 heterocycles. The molecule has 5 nitrogen and oxygen atoms in total. The third-order valence-corrected chi connectivity index (χ3v) is 3.46. The minimum absolute atomic E-state index is 0.421. The van der Waals surface area contributed by atoms with Crippen molar-refractivity contribution in [2.45, 2.75) is 13.8 Å². The number of fused-ring (bicyclic) bond motifs is 1. The highest BCUT2D eigenvalue weighted by molar-refractivity contribution is 6.31. The van der Waals surface area contributed by atoms with Crippen LogP contribution < -0.4 is 4.74 Å². The molecular weight excluding hydrogens is 290 g/mol. The van der Waals surface area contributed by atoms with Crippen molar-refractivity contribution in [3.05, 3.63) is 46.5 Å². The van der Waals surface area contributed by atoms with E-state index in [0.29, 0.717) is 17.2 Å². The number of hydrogen-bond acceptors (Lipinski definition) is 4. The molecule has 3 aromatic rings. The predicted octanol–water partition coefficient (Wildman–Crippen LogP) is 3.23. The monoisotopic (exact) mass is 301 g/mol. The van der Waals surface area contributed by atoms with Gasteiger partial charge in [-0.25, -0.2) is 0 Å². The van der Waals surface area contributed by atoms with Crippen molar-refractivity contribution in [2.24, 2.45) is 0 Å². The summed E-state index contributed by atoms with van der Waals surface area (Å²) in [6.45, 7) is 4.19. The molecule has 0 fully saturated rings. The molecule has 1 aromatic heterocycles. The van der Waals surface area contributed by atoms with Gasteiger partial charge < -0.3 is 4.74 Å². The molecular formula is C15H12ClN3O2. The van der Waals surface area contributed by atoms with Crippen molar-refractivity contribution >= 4 is 29.1 Å². The van der Waals surface area contributed by atoms with Crippen LogP contribution in [0.25, 0.3) is 16.7 Å². The summed E-state index contributed by atoms with van der Waals surface area (Å²) in [4.78, 5) is 12.0. The molecule has 106 valence electrons. The van der Waals surface area contributed by atoms with Gasteiger partial charge in [-0.05, 0) is 55.3 Å². The number of aryl methyl sites for hydroxylation is 2. The summed E-state index contributed by atoms with van der Waals surface area (Å²) in [6.07, 6.45) is 0. The molecule has 21 heavy (non-hydrogen) atoms. The molecule has 0 bridgehead atoms. The van der Waals surface area contributed by atoms with Crippen molar-refractivity contribution in [1.29, 1.82) is 0 Å². The predicted molar refractivity (Wildman–Crippen MR) is 80.0 cm³/mol. The highest BCUT2D eigenvalue weighted by atomic mass is 35.5. The average Bonchev–Trinajstić information content (AvgIpc) is 2.85. The zero-order valence-corrected chi connectivity index (χ0v) is 12.3.